The van der Waals surface area contributed by atoms with Crippen LogP contribution in [0.1, 0.15) is 33.9 Å². The molecule has 7 heteroatoms. The Hall–Kier alpha value is -3.32. The standard InChI is InChI=1S/C23H21N3O3S/c1-14(16-8-9-19-20(12-16)29-11-10-28-19)24-22(27)21-13-18-15(2)25-26(23(18)30-21)17-6-4-3-5-7-17/h3-9,12-14H,10-11H2,1-2H3,(H,24,27). The molecular formula is C23H21N3O3S. The number of amides is 1. The molecule has 3 heterocycles. The zero-order valence-electron chi connectivity index (χ0n) is 16.7. The van der Waals surface area contributed by atoms with Crippen LogP contribution in [0.5, 0.6) is 11.5 Å². The number of carbonyl (C=O) groups is 1. The second-order valence-electron chi connectivity index (χ2n) is 7.26. The molecule has 2 aromatic heterocycles. The molecule has 1 unspecified atom stereocenters. The number of nitrogens with zero attached hydrogens (tertiary/aromatic N) is 2. The van der Waals surface area contributed by atoms with Gasteiger partial charge >= 0.3 is 0 Å². The predicted molar refractivity (Wildman–Crippen MR) is 117 cm³/mol. The van der Waals surface area contributed by atoms with Crippen molar-refractivity contribution in [3.63, 3.8) is 0 Å². The van der Waals surface area contributed by atoms with Gasteiger partial charge in [-0.05, 0) is 49.7 Å². The summed E-state index contributed by atoms with van der Waals surface area (Å²) in [5.74, 6) is 1.37. The average Bonchev–Trinajstić information content (AvgIpc) is 3.35. The average molecular weight is 420 g/mol. The summed E-state index contributed by atoms with van der Waals surface area (Å²) in [5, 5.41) is 8.73. The number of rotatable bonds is 4. The summed E-state index contributed by atoms with van der Waals surface area (Å²) in [6, 6.07) is 17.5. The number of carbonyl (C=O) groups excluding carboxylic acids is 1. The van der Waals surface area contributed by atoms with Crippen LogP contribution in [0.2, 0.25) is 0 Å². The third-order valence-corrected chi connectivity index (χ3v) is 6.29. The number of hydrogen-bond acceptors (Lipinski definition) is 5. The molecule has 1 N–H and O–H groups in total. The second-order valence-corrected chi connectivity index (χ2v) is 8.29. The summed E-state index contributed by atoms with van der Waals surface area (Å²) in [4.78, 5) is 14.6. The first-order valence-electron chi connectivity index (χ1n) is 9.85. The van der Waals surface area contributed by atoms with Gasteiger partial charge < -0.3 is 14.8 Å². The summed E-state index contributed by atoms with van der Waals surface area (Å²) in [5.41, 5.74) is 2.86. The van der Waals surface area contributed by atoms with E-state index in [0.29, 0.717) is 18.1 Å². The minimum absolute atomic E-state index is 0.0994. The van der Waals surface area contributed by atoms with Crippen molar-refractivity contribution in [3.05, 3.63) is 70.7 Å². The van der Waals surface area contributed by atoms with Crippen molar-refractivity contribution in [3.8, 4) is 17.2 Å². The zero-order chi connectivity index (χ0) is 20.7. The third kappa shape index (κ3) is 3.31. The van der Waals surface area contributed by atoms with Crippen molar-refractivity contribution >= 4 is 27.5 Å². The Labute approximate surface area is 178 Å². The topological polar surface area (TPSA) is 65.4 Å². The van der Waals surface area contributed by atoms with Gasteiger partial charge in [0.05, 0.1) is 22.3 Å². The number of fused-ring (bicyclic) bond motifs is 2. The van der Waals surface area contributed by atoms with E-state index in [-0.39, 0.29) is 11.9 Å². The molecule has 0 saturated heterocycles. The molecule has 5 rings (SSSR count). The van der Waals surface area contributed by atoms with E-state index in [2.05, 4.69) is 10.4 Å². The van der Waals surface area contributed by atoms with Crippen molar-refractivity contribution < 1.29 is 14.3 Å². The summed E-state index contributed by atoms with van der Waals surface area (Å²) in [7, 11) is 0. The fraction of sp³-hybridized carbons (Fsp3) is 0.217. The highest BCUT2D eigenvalue weighted by Crippen LogP contribution is 2.33. The van der Waals surface area contributed by atoms with Crippen LogP contribution >= 0.6 is 11.3 Å². The number of nitrogens with one attached hydrogen (secondary N) is 1. The highest BCUT2D eigenvalue weighted by molar-refractivity contribution is 7.20. The number of aromatic nitrogens is 2. The zero-order valence-corrected chi connectivity index (χ0v) is 17.5. The van der Waals surface area contributed by atoms with Gasteiger partial charge in [-0.2, -0.15) is 5.10 Å². The quantitative estimate of drug-likeness (QED) is 0.523. The molecule has 0 fully saturated rings. The van der Waals surface area contributed by atoms with Gasteiger partial charge in [-0.1, -0.05) is 24.3 Å². The Morgan fingerprint density at radius 2 is 1.87 bits per heavy atom. The summed E-state index contributed by atoms with van der Waals surface area (Å²) in [6.07, 6.45) is 0. The van der Waals surface area contributed by atoms with E-state index < -0.39 is 0 Å². The van der Waals surface area contributed by atoms with Gasteiger partial charge in [-0.3, -0.25) is 4.79 Å². The van der Waals surface area contributed by atoms with Crippen LogP contribution in [-0.4, -0.2) is 28.9 Å². The van der Waals surface area contributed by atoms with E-state index in [1.54, 1.807) is 0 Å². The Morgan fingerprint density at radius 3 is 2.67 bits per heavy atom. The van der Waals surface area contributed by atoms with Gasteiger partial charge in [0.2, 0.25) is 0 Å². The lowest BCUT2D eigenvalue weighted by molar-refractivity contribution is 0.0944. The van der Waals surface area contributed by atoms with Gasteiger partial charge in [-0.15, -0.1) is 11.3 Å². The highest BCUT2D eigenvalue weighted by atomic mass is 32.1. The van der Waals surface area contributed by atoms with Crippen molar-refractivity contribution in [2.75, 3.05) is 13.2 Å². The largest absolute Gasteiger partial charge is 0.486 e. The summed E-state index contributed by atoms with van der Waals surface area (Å²) < 4.78 is 13.1. The molecule has 1 amide bonds. The maximum atomic E-state index is 13.0. The molecular weight excluding hydrogens is 398 g/mol. The van der Waals surface area contributed by atoms with E-state index in [1.165, 1.54) is 11.3 Å². The number of thiophene rings is 1. The fourth-order valence-electron chi connectivity index (χ4n) is 3.58. The van der Waals surface area contributed by atoms with Gasteiger partial charge in [0.1, 0.15) is 18.0 Å². The third-order valence-electron chi connectivity index (χ3n) is 5.18. The second kappa shape index (κ2) is 7.50. The minimum atomic E-state index is -0.162. The van der Waals surface area contributed by atoms with E-state index in [9.17, 15) is 4.79 Å². The Morgan fingerprint density at radius 1 is 1.10 bits per heavy atom. The van der Waals surface area contributed by atoms with Crippen LogP contribution in [0, 0.1) is 6.92 Å². The Kier molecular flexibility index (Phi) is 4.67. The maximum Gasteiger partial charge on any atom is 0.261 e. The number of para-hydroxylation sites is 1. The van der Waals surface area contributed by atoms with Crippen LogP contribution in [-0.2, 0) is 0 Å². The maximum absolute atomic E-state index is 13.0. The first-order chi connectivity index (χ1) is 14.6. The van der Waals surface area contributed by atoms with Crippen LogP contribution in [0.15, 0.2) is 54.6 Å². The molecule has 1 aliphatic rings. The Bertz CT molecular complexity index is 1230. The molecule has 1 atom stereocenters. The van der Waals surface area contributed by atoms with Crippen molar-refractivity contribution in [2.45, 2.75) is 19.9 Å². The van der Waals surface area contributed by atoms with Crippen molar-refractivity contribution in [1.82, 2.24) is 15.1 Å². The predicted octanol–water partition coefficient (Wildman–Crippen LogP) is 4.66. The molecule has 0 aliphatic carbocycles. The minimum Gasteiger partial charge on any atom is -0.486 e. The van der Waals surface area contributed by atoms with Crippen LogP contribution in [0.25, 0.3) is 15.9 Å². The number of ether oxygens (including phenoxy) is 2. The fourth-order valence-corrected chi connectivity index (χ4v) is 4.67. The number of aryl methyl sites for hydroxylation is 1. The van der Waals surface area contributed by atoms with E-state index in [4.69, 9.17) is 9.47 Å². The summed E-state index contributed by atoms with van der Waals surface area (Å²) >= 11 is 1.45. The number of hydrogen-bond donors (Lipinski definition) is 1. The molecule has 2 aromatic carbocycles. The summed E-state index contributed by atoms with van der Waals surface area (Å²) in [6.45, 7) is 5.03. The SMILES string of the molecule is Cc1nn(-c2ccccc2)c2sc(C(=O)NC(C)c3ccc4c(c3)OCCO4)cc12. The number of benzene rings is 2. The van der Waals surface area contributed by atoms with Gasteiger partial charge in [-0.25, -0.2) is 4.68 Å². The lowest BCUT2D eigenvalue weighted by Crippen LogP contribution is -2.26. The highest BCUT2D eigenvalue weighted by Gasteiger charge is 2.20. The molecule has 0 radical (unpaired) electrons. The lowest BCUT2D eigenvalue weighted by atomic mass is 10.1. The lowest BCUT2D eigenvalue weighted by Gasteiger charge is -2.21. The molecule has 30 heavy (non-hydrogen) atoms. The smallest absolute Gasteiger partial charge is 0.261 e. The van der Waals surface area contributed by atoms with Gasteiger partial charge in [0, 0.05) is 5.39 Å². The molecule has 1 aliphatic heterocycles. The van der Waals surface area contributed by atoms with Crippen LogP contribution in [0.4, 0.5) is 0 Å². The van der Waals surface area contributed by atoms with Gasteiger partial charge in [0.15, 0.2) is 11.5 Å². The van der Waals surface area contributed by atoms with Crippen LogP contribution < -0.4 is 14.8 Å². The first kappa shape index (κ1) is 18.7. The Balaban J connectivity index is 1.40. The van der Waals surface area contributed by atoms with E-state index >= 15 is 0 Å². The van der Waals surface area contributed by atoms with E-state index in [0.717, 1.165) is 38.7 Å². The monoisotopic (exact) mass is 419 g/mol. The molecule has 0 spiro atoms. The van der Waals surface area contributed by atoms with Crippen molar-refractivity contribution in [2.24, 2.45) is 0 Å². The normalized spacial score (nSPS) is 13.9. The molecule has 4 aromatic rings. The molecule has 152 valence electrons. The first-order valence-corrected chi connectivity index (χ1v) is 10.7. The van der Waals surface area contributed by atoms with Crippen molar-refractivity contribution in [1.29, 1.82) is 0 Å². The molecule has 6 nitrogen and oxygen atoms in total. The molecule has 0 saturated carbocycles. The van der Waals surface area contributed by atoms with Crippen LogP contribution in [0.3, 0.4) is 0 Å². The van der Waals surface area contributed by atoms with Gasteiger partial charge in [0.25, 0.3) is 5.91 Å². The molecule has 0 bridgehead atoms. The van der Waals surface area contributed by atoms with E-state index in [1.807, 2.05) is 73.1 Å².